The number of ether oxygens (including phenoxy) is 3. The predicted octanol–water partition coefficient (Wildman–Crippen LogP) is 3.02. The minimum absolute atomic E-state index is 0.148. The molecule has 2 aromatic heterocycles. The quantitative estimate of drug-likeness (QED) is 0.283. The largest absolute Gasteiger partial charge is 0.493 e. The van der Waals surface area contributed by atoms with Gasteiger partial charge in [0.1, 0.15) is 18.3 Å². The molecule has 2 N–H and O–H groups in total. The van der Waals surface area contributed by atoms with Gasteiger partial charge in [-0.15, -0.1) is 0 Å². The summed E-state index contributed by atoms with van der Waals surface area (Å²) in [5.74, 6) is 0.906. The lowest BCUT2D eigenvalue weighted by Gasteiger charge is -2.14. The van der Waals surface area contributed by atoms with E-state index in [2.05, 4.69) is 26.3 Å². The van der Waals surface area contributed by atoms with Gasteiger partial charge in [0, 0.05) is 32.0 Å². The lowest BCUT2D eigenvalue weighted by Crippen LogP contribution is -2.19. The van der Waals surface area contributed by atoms with Crippen molar-refractivity contribution >= 4 is 40.3 Å². The summed E-state index contributed by atoms with van der Waals surface area (Å²) in [6.07, 6.45) is 1.56. The van der Waals surface area contributed by atoms with E-state index >= 15 is 0 Å². The van der Waals surface area contributed by atoms with E-state index in [1.807, 2.05) is 0 Å². The van der Waals surface area contributed by atoms with E-state index in [0.717, 1.165) is 0 Å². The number of halogens is 1. The van der Waals surface area contributed by atoms with Gasteiger partial charge in [0.2, 0.25) is 5.91 Å². The zero-order chi connectivity index (χ0) is 22.4. The summed E-state index contributed by atoms with van der Waals surface area (Å²) in [6.45, 7) is 0.712. The fourth-order valence-corrected chi connectivity index (χ4v) is 3.75. The van der Waals surface area contributed by atoms with E-state index in [0.29, 0.717) is 62.7 Å². The molecule has 0 bridgehead atoms. The summed E-state index contributed by atoms with van der Waals surface area (Å²) in [5.41, 5.74) is 1.84. The molecule has 2 heterocycles. The fourth-order valence-electron chi connectivity index (χ4n) is 2.79. The van der Waals surface area contributed by atoms with Crippen molar-refractivity contribution in [1.29, 1.82) is 5.26 Å². The zero-order valence-electron chi connectivity index (χ0n) is 17.1. The Labute approximate surface area is 188 Å². The van der Waals surface area contributed by atoms with Crippen LogP contribution in [-0.2, 0) is 9.53 Å². The van der Waals surface area contributed by atoms with Crippen molar-refractivity contribution in [3.05, 3.63) is 28.9 Å². The van der Waals surface area contributed by atoms with Crippen LogP contribution in [-0.4, -0.2) is 61.1 Å². The molecule has 0 aliphatic rings. The average molecular weight is 462 g/mol. The van der Waals surface area contributed by atoms with Crippen LogP contribution < -0.4 is 14.8 Å². The Balaban J connectivity index is 2.15. The molecule has 0 spiro atoms. The molecule has 0 aliphatic carbocycles. The highest BCUT2D eigenvalue weighted by Crippen LogP contribution is 2.41. The van der Waals surface area contributed by atoms with E-state index in [1.54, 1.807) is 32.5 Å². The van der Waals surface area contributed by atoms with Crippen molar-refractivity contribution in [1.82, 2.24) is 20.3 Å². The second-order valence-corrected chi connectivity index (χ2v) is 7.53. The average Bonchev–Trinajstić information content (AvgIpc) is 3.20. The van der Waals surface area contributed by atoms with Crippen molar-refractivity contribution < 1.29 is 19.0 Å². The monoisotopic (exact) mass is 461 g/mol. The maximum atomic E-state index is 11.6. The fraction of sp³-hybridized carbons (Fsp3) is 0.300. The first kappa shape index (κ1) is 22.7. The maximum absolute atomic E-state index is 11.6. The molecular weight excluding hydrogens is 442 g/mol. The van der Waals surface area contributed by atoms with Crippen molar-refractivity contribution in [2.75, 3.05) is 40.2 Å². The van der Waals surface area contributed by atoms with Crippen LogP contribution >= 0.6 is 23.4 Å². The molecule has 0 saturated carbocycles. The van der Waals surface area contributed by atoms with Crippen LogP contribution in [0.2, 0.25) is 5.02 Å². The van der Waals surface area contributed by atoms with Crippen molar-refractivity contribution in [2.24, 2.45) is 0 Å². The molecule has 9 nitrogen and oxygen atoms in total. The Kier molecular flexibility index (Phi) is 7.57. The molecule has 1 amide bonds. The van der Waals surface area contributed by atoms with Crippen LogP contribution in [0.15, 0.2) is 23.5 Å². The van der Waals surface area contributed by atoms with Crippen molar-refractivity contribution in [3.63, 3.8) is 0 Å². The number of nitrogens with zero attached hydrogens (tertiary/aromatic N) is 3. The molecule has 0 atom stereocenters. The third-order valence-corrected chi connectivity index (χ3v) is 5.46. The zero-order valence-corrected chi connectivity index (χ0v) is 18.7. The highest BCUT2D eigenvalue weighted by Gasteiger charge is 2.20. The van der Waals surface area contributed by atoms with Crippen LogP contribution in [0.1, 0.15) is 5.56 Å². The summed E-state index contributed by atoms with van der Waals surface area (Å²) in [7, 11) is 4.66. The molecule has 162 valence electrons. The van der Waals surface area contributed by atoms with E-state index in [1.165, 1.54) is 18.9 Å². The van der Waals surface area contributed by atoms with Gasteiger partial charge >= 0.3 is 0 Å². The number of H-pyrrole nitrogens is 1. The smallest absolute Gasteiger partial charge is 0.230 e. The predicted molar refractivity (Wildman–Crippen MR) is 118 cm³/mol. The molecule has 31 heavy (non-hydrogen) atoms. The summed E-state index contributed by atoms with van der Waals surface area (Å²) in [5, 5.41) is 13.4. The van der Waals surface area contributed by atoms with Gasteiger partial charge in [0.05, 0.1) is 41.1 Å². The molecule has 0 aliphatic heterocycles. The van der Waals surface area contributed by atoms with E-state index < -0.39 is 0 Å². The van der Waals surface area contributed by atoms with Gasteiger partial charge < -0.3 is 24.5 Å². The minimum atomic E-state index is -0.157. The Bertz CT molecular complexity index is 1140. The number of rotatable bonds is 9. The van der Waals surface area contributed by atoms with Crippen LogP contribution in [0.3, 0.4) is 0 Å². The molecule has 1 aromatic carbocycles. The van der Waals surface area contributed by atoms with Gasteiger partial charge in [-0.05, 0) is 6.07 Å². The van der Waals surface area contributed by atoms with Crippen molar-refractivity contribution in [3.8, 4) is 28.8 Å². The Morgan fingerprint density at radius 1 is 1.29 bits per heavy atom. The van der Waals surface area contributed by atoms with Crippen LogP contribution in [0, 0.1) is 11.3 Å². The highest BCUT2D eigenvalue weighted by molar-refractivity contribution is 7.99. The standard InChI is InChI=1S/C20H20ClN5O4S/c1-23-16(27)10-31-20-25-18(17-11(8-22)9-24-19(17)26-20)12-6-15(30-5-4-28-2)14(29-3)7-13(12)21/h6-7,9H,4-5,10H2,1-3H3,(H,23,27)(H,24,25,26). The van der Waals surface area contributed by atoms with Crippen molar-refractivity contribution in [2.45, 2.75) is 5.16 Å². The third kappa shape index (κ3) is 5.02. The SMILES string of the molecule is CNC(=O)CSc1nc(-c2cc(OCCOC)c(OC)cc2Cl)c2c(C#N)c[nH]c2n1. The number of hydrogen-bond acceptors (Lipinski definition) is 8. The Morgan fingerprint density at radius 2 is 2.10 bits per heavy atom. The van der Waals surface area contributed by atoms with Gasteiger partial charge in [0.25, 0.3) is 0 Å². The molecule has 0 fully saturated rings. The number of thioether (sulfide) groups is 1. The molecule has 0 radical (unpaired) electrons. The number of fused-ring (bicyclic) bond motifs is 1. The first-order valence-electron chi connectivity index (χ1n) is 9.14. The summed E-state index contributed by atoms with van der Waals surface area (Å²) < 4.78 is 16.2. The molecular formula is C20H20ClN5O4S. The van der Waals surface area contributed by atoms with E-state index in [9.17, 15) is 10.1 Å². The first-order chi connectivity index (χ1) is 15.0. The van der Waals surface area contributed by atoms with Gasteiger partial charge in [-0.2, -0.15) is 5.26 Å². The van der Waals surface area contributed by atoms with Crippen LogP contribution in [0.4, 0.5) is 0 Å². The molecule has 11 heteroatoms. The van der Waals surface area contributed by atoms with Crippen LogP contribution in [0.5, 0.6) is 11.5 Å². The number of carbonyl (C=O) groups excluding carboxylic acids is 1. The molecule has 0 unspecified atom stereocenters. The summed E-state index contributed by atoms with van der Waals surface area (Å²) in [6, 6.07) is 5.48. The van der Waals surface area contributed by atoms with Crippen LogP contribution in [0.25, 0.3) is 22.3 Å². The first-order valence-corrected chi connectivity index (χ1v) is 10.5. The molecule has 3 aromatic rings. The van der Waals surface area contributed by atoms with Gasteiger partial charge in [-0.3, -0.25) is 4.79 Å². The number of amides is 1. The van der Waals surface area contributed by atoms with E-state index in [4.69, 9.17) is 25.8 Å². The van der Waals surface area contributed by atoms with Gasteiger partial charge in [-0.1, -0.05) is 23.4 Å². The second-order valence-electron chi connectivity index (χ2n) is 6.18. The Morgan fingerprint density at radius 3 is 2.77 bits per heavy atom. The number of aromatic amines is 1. The lowest BCUT2D eigenvalue weighted by atomic mass is 10.1. The summed E-state index contributed by atoms with van der Waals surface area (Å²) >= 11 is 7.73. The molecule has 0 saturated heterocycles. The lowest BCUT2D eigenvalue weighted by molar-refractivity contribution is -0.118. The van der Waals surface area contributed by atoms with Gasteiger partial charge in [-0.25, -0.2) is 9.97 Å². The highest BCUT2D eigenvalue weighted by atomic mass is 35.5. The molecule has 3 rings (SSSR count). The van der Waals surface area contributed by atoms with E-state index in [-0.39, 0.29) is 11.7 Å². The topological polar surface area (TPSA) is 122 Å². The minimum Gasteiger partial charge on any atom is -0.493 e. The number of carbonyl (C=O) groups is 1. The third-order valence-electron chi connectivity index (χ3n) is 4.30. The number of nitrogens with one attached hydrogen (secondary N) is 2. The van der Waals surface area contributed by atoms with Gasteiger partial charge in [0.15, 0.2) is 16.7 Å². The summed E-state index contributed by atoms with van der Waals surface area (Å²) in [4.78, 5) is 23.7. The maximum Gasteiger partial charge on any atom is 0.230 e. The number of hydrogen-bond donors (Lipinski definition) is 2. The Hall–Kier alpha value is -3.00. The number of nitriles is 1. The second kappa shape index (κ2) is 10.3. The number of benzene rings is 1. The number of methoxy groups -OCH3 is 2. The number of aromatic nitrogens is 3. The normalized spacial score (nSPS) is 10.7.